The second-order valence-electron chi connectivity index (χ2n) is 6.86. The summed E-state index contributed by atoms with van der Waals surface area (Å²) in [5.41, 5.74) is 2.05. The average Bonchev–Trinajstić information content (AvgIpc) is 2.71. The molecule has 0 radical (unpaired) electrons. The SMILES string of the molecule is O=C(O)Cc1ccc(Oc2ccc(C(=O)CCCc3ccc(Cl)cc3)cc2)c(F)c1. The molecule has 154 valence electrons. The number of benzene rings is 3. The lowest BCUT2D eigenvalue weighted by Gasteiger charge is -2.09. The molecule has 0 atom stereocenters. The summed E-state index contributed by atoms with van der Waals surface area (Å²) in [4.78, 5) is 23.1. The van der Waals surface area contributed by atoms with E-state index >= 15 is 0 Å². The second kappa shape index (κ2) is 10.0. The van der Waals surface area contributed by atoms with Gasteiger partial charge in [-0.1, -0.05) is 29.8 Å². The van der Waals surface area contributed by atoms with E-state index in [-0.39, 0.29) is 18.0 Å². The molecule has 0 bridgehead atoms. The molecular formula is C24H20ClFO4. The number of carbonyl (C=O) groups is 2. The number of hydrogen-bond acceptors (Lipinski definition) is 3. The average molecular weight is 427 g/mol. The lowest BCUT2D eigenvalue weighted by molar-refractivity contribution is -0.136. The highest BCUT2D eigenvalue weighted by molar-refractivity contribution is 6.30. The molecule has 4 nitrogen and oxygen atoms in total. The van der Waals surface area contributed by atoms with Crippen molar-refractivity contribution in [2.45, 2.75) is 25.7 Å². The number of ketones is 1. The maximum Gasteiger partial charge on any atom is 0.307 e. The highest BCUT2D eigenvalue weighted by Gasteiger charge is 2.10. The Morgan fingerprint density at radius 3 is 2.23 bits per heavy atom. The van der Waals surface area contributed by atoms with Crippen molar-refractivity contribution >= 4 is 23.4 Å². The number of aliphatic carboxylic acids is 1. The van der Waals surface area contributed by atoms with Gasteiger partial charge in [0.15, 0.2) is 17.3 Å². The van der Waals surface area contributed by atoms with Crippen LogP contribution in [-0.2, 0) is 17.6 Å². The van der Waals surface area contributed by atoms with Gasteiger partial charge in [-0.05, 0) is 72.5 Å². The van der Waals surface area contributed by atoms with Crippen LogP contribution >= 0.6 is 11.6 Å². The zero-order chi connectivity index (χ0) is 21.5. The molecule has 0 unspecified atom stereocenters. The highest BCUT2D eigenvalue weighted by atomic mass is 35.5. The first-order valence-corrected chi connectivity index (χ1v) is 9.84. The number of ether oxygens (including phenoxy) is 1. The highest BCUT2D eigenvalue weighted by Crippen LogP contribution is 2.26. The molecule has 3 aromatic rings. The molecule has 0 aliphatic carbocycles. The fourth-order valence-corrected chi connectivity index (χ4v) is 3.12. The van der Waals surface area contributed by atoms with Gasteiger partial charge in [-0.25, -0.2) is 4.39 Å². The van der Waals surface area contributed by atoms with Gasteiger partial charge in [0.1, 0.15) is 5.75 Å². The van der Waals surface area contributed by atoms with Crippen LogP contribution in [0.1, 0.15) is 34.3 Å². The van der Waals surface area contributed by atoms with Crippen LogP contribution in [0.5, 0.6) is 11.5 Å². The fraction of sp³-hybridized carbons (Fsp3) is 0.167. The summed E-state index contributed by atoms with van der Waals surface area (Å²) in [6, 6.07) is 18.1. The van der Waals surface area contributed by atoms with Crippen molar-refractivity contribution in [1.82, 2.24) is 0 Å². The van der Waals surface area contributed by atoms with E-state index < -0.39 is 11.8 Å². The maximum absolute atomic E-state index is 14.1. The largest absolute Gasteiger partial charge is 0.481 e. The topological polar surface area (TPSA) is 63.6 Å². The van der Waals surface area contributed by atoms with Gasteiger partial charge in [0.2, 0.25) is 0 Å². The zero-order valence-electron chi connectivity index (χ0n) is 16.1. The Hall–Kier alpha value is -3.18. The Labute approximate surface area is 178 Å². The number of aryl methyl sites for hydroxylation is 1. The van der Waals surface area contributed by atoms with Gasteiger partial charge >= 0.3 is 5.97 Å². The molecule has 0 amide bonds. The molecule has 0 aliphatic rings. The minimum Gasteiger partial charge on any atom is -0.481 e. The summed E-state index contributed by atoms with van der Waals surface area (Å²) in [5, 5.41) is 9.46. The van der Waals surface area contributed by atoms with Gasteiger partial charge < -0.3 is 9.84 Å². The van der Waals surface area contributed by atoms with Crippen LogP contribution in [0.3, 0.4) is 0 Å². The van der Waals surface area contributed by atoms with Crippen molar-refractivity contribution in [2.24, 2.45) is 0 Å². The van der Waals surface area contributed by atoms with Crippen LogP contribution in [0.15, 0.2) is 66.7 Å². The van der Waals surface area contributed by atoms with E-state index in [1.165, 1.54) is 12.1 Å². The van der Waals surface area contributed by atoms with E-state index in [4.69, 9.17) is 21.4 Å². The van der Waals surface area contributed by atoms with E-state index in [9.17, 15) is 14.0 Å². The predicted octanol–water partition coefficient (Wildman–Crippen LogP) is 6.10. The van der Waals surface area contributed by atoms with Gasteiger partial charge in [0.05, 0.1) is 6.42 Å². The third-order valence-corrected chi connectivity index (χ3v) is 4.79. The number of hydrogen-bond donors (Lipinski definition) is 1. The maximum atomic E-state index is 14.1. The first-order chi connectivity index (χ1) is 14.4. The Bertz CT molecular complexity index is 1030. The summed E-state index contributed by atoms with van der Waals surface area (Å²) in [5.74, 6) is -1.27. The molecule has 0 saturated carbocycles. The molecule has 0 aliphatic heterocycles. The summed E-state index contributed by atoms with van der Waals surface area (Å²) in [7, 11) is 0. The monoisotopic (exact) mass is 426 g/mol. The normalized spacial score (nSPS) is 10.6. The van der Waals surface area contributed by atoms with Crippen molar-refractivity contribution in [3.8, 4) is 11.5 Å². The molecule has 1 N–H and O–H groups in total. The Kier molecular flexibility index (Phi) is 7.20. The smallest absolute Gasteiger partial charge is 0.307 e. The van der Waals surface area contributed by atoms with E-state index in [2.05, 4.69) is 0 Å². The molecule has 6 heteroatoms. The summed E-state index contributed by atoms with van der Waals surface area (Å²) < 4.78 is 19.6. The van der Waals surface area contributed by atoms with E-state index in [1.807, 2.05) is 24.3 Å². The summed E-state index contributed by atoms with van der Waals surface area (Å²) in [6.45, 7) is 0. The van der Waals surface area contributed by atoms with Crippen molar-refractivity contribution in [3.05, 3.63) is 94.3 Å². The molecule has 0 saturated heterocycles. The Balaban J connectivity index is 1.54. The van der Waals surface area contributed by atoms with Crippen LogP contribution in [0, 0.1) is 5.82 Å². The molecular weight excluding hydrogens is 407 g/mol. The molecule has 0 spiro atoms. The third-order valence-electron chi connectivity index (χ3n) is 4.54. The van der Waals surface area contributed by atoms with Crippen molar-refractivity contribution in [1.29, 1.82) is 0 Å². The molecule has 3 rings (SSSR count). The summed E-state index contributed by atoms with van der Waals surface area (Å²) >= 11 is 5.87. The van der Waals surface area contributed by atoms with E-state index in [1.54, 1.807) is 24.3 Å². The third kappa shape index (κ3) is 6.16. The van der Waals surface area contributed by atoms with Gasteiger partial charge in [0, 0.05) is 17.0 Å². The van der Waals surface area contributed by atoms with Gasteiger partial charge in [-0.3, -0.25) is 9.59 Å². The van der Waals surface area contributed by atoms with Crippen molar-refractivity contribution in [3.63, 3.8) is 0 Å². The minimum atomic E-state index is -1.03. The molecule has 0 aromatic heterocycles. The number of rotatable bonds is 9. The number of carboxylic acid groups (broad SMARTS) is 1. The quantitative estimate of drug-likeness (QED) is 0.419. The standard InChI is InChI=1S/C24H20ClFO4/c25-19-9-4-16(5-10-19)2-1-3-22(27)18-7-11-20(12-8-18)30-23-13-6-17(14-21(23)26)15-24(28)29/h4-14H,1-3,15H2,(H,28,29). The number of carbonyl (C=O) groups excluding carboxylic acids is 1. The Morgan fingerprint density at radius 1 is 0.933 bits per heavy atom. The second-order valence-corrected chi connectivity index (χ2v) is 7.30. The zero-order valence-corrected chi connectivity index (χ0v) is 16.9. The molecule has 30 heavy (non-hydrogen) atoms. The van der Waals surface area contributed by atoms with Gasteiger partial charge in [-0.15, -0.1) is 0 Å². The first-order valence-electron chi connectivity index (χ1n) is 9.46. The number of carboxylic acids is 1. The van der Waals surface area contributed by atoms with Gasteiger partial charge in [-0.2, -0.15) is 0 Å². The lowest BCUT2D eigenvalue weighted by atomic mass is 10.0. The van der Waals surface area contributed by atoms with E-state index in [0.717, 1.165) is 24.5 Å². The van der Waals surface area contributed by atoms with Crippen LogP contribution in [0.2, 0.25) is 5.02 Å². The van der Waals surface area contributed by atoms with E-state index in [0.29, 0.717) is 28.3 Å². The minimum absolute atomic E-state index is 0.00817. The molecule has 3 aromatic carbocycles. The van der Waals surface area contributed by atoms with Gasteiger partial charge in [0.25, 0.3) is 0 Å². The molecule has 0 fully saturated rings. The first kappa shape index (κ1) is 21.5. The van der Waals surface area contributed by atoms with Crippen LogP contribution in [0.25, 0.3) is 0 Å². The Morgan fingerprint density at radius 2 is 1.60 bits per heavy atom. The van der Waals surface area contributed by atoms with Crippen molar-refractivity contribution < 1.29 is 23.8 Å². The van der Waals surface area contributed by atoms with Crippen LogP contribution < -0.4 is 4.74 Å². The number of Topliss-reactive ketones (excluding diaryl/α,β-unsaturated/α-hetero) is 1. The lowest BCUT2D eigenvalue weighted by Crippen LogP contribution is -2.01. The summed E-state index contributed by atoms with van der Waals surface area (Å²) in [6.07, 6.45) is 1.68. The fourth-order valence-electron chi connectivity index (χ4n) is 3.00. The van der Waals surface area contributed by atoms with Crippen molar-refractivity contribution in [2.75, 3.05) is 0 Å². The predicted molar refractivity (Wildman–Crippen MR) is 113 cm³/mol. The van der Waals surface area contributed by atoms with Crippen LogP contribution in [-0.4, -0.2) is 16.9 Å². The van der Waals surface area contributed by atoms with Crippen LogP contribution in [0.4, 0.5) is 4.39 Å². The molecule has 0 heterocycles. The number of halogens is 2.